The third kappa shape index (κ3) is 1.66. The van der Waals surface area contributed by atoms with Gasteiger partial charge in [-0.1, -0.05) is 6.92 Å². The molecule has 1 atom stereocenters. The van der Waals surface area contributed by atoms with Crippen molar-refractivity contribution in [3.8, 4) is 0 Å². The highest BCUT2D eigenvalue weighted by molar-refractivity contribution is 8.13. The molecular formula is C8H11ClN2O2S. The number of hydrogen-bond donors (Lipinski definition) is 0. The van der Waals surface area contributed by atoms with E-state index >= 15 is 0 Å². The van der Waals surface area contributed by atoms with Crippen LogP contribution in [0.1, 0.15) is 19.2 Å². The molecule has 0 spiro atoms. The molecule has 0 unspecified atom stereocenters. The molecule has 0 amide bonds. The highest BCUT2D eigenvalue weighted by Gasteiger charge is 2.24. The molecule has 4 nitrogen and oxygen atoms in total. The van der Waals surface area contributed by atoms with Crippen LogP contribution >= 0.6 is 10.7 Å². The summed E-state index contributed by atoms with van der Waals surface area (Å²) in [4.78, 5) is 4.07. The second-order valence-electron chi connectivity index (χ2n) is 3.70. The van der Waals surface area contributed by atoms with Crippen molar-refractivity contribution in [1.29, 1.82) is 0 Å². The maximum Gasteiger partial charge on any atom is 0.278 e. The molecule has 78 valence electrons. The Morgan fingerprint density at radius 2 is 2.36 bits per heavy atom. The van der Waals surface area contributed by atoms with Gasteiger partial charge in [0.1, 0.15) is 5.82 Å². The molecule has 0 saturated carbocycles. The van der Waals surface area contributed by atoms with Crippen LogP contribution in [0.3, 0.4) is 0 Å². The van der Waals surface area contributed by atoms with Crippen molar-refractivity contribution in [2.24, 2.45) is 5.92 Å². The fourth-order valence-electron chi connectivity index (χ4n) is 1.76. The molecule has 0 bridgehead atoms. The molecule has 2 rings (SSSR count). The molecule has 0 aliphatic carbocycles. The first-order valence-corrected chi connectivity index (χ1v) is 6.78. The normalized spacial score (nSPS) is 22.0. The molecule has 1 aliphatic rings. The van der Waals surface area contributed by atoms with Crippen LogP contribution in [0.5, 0.6) is 0 Å². The predicted octanol–water partition coefficient (Wildman–Crippen LogP) is 1.39. The van der Waals surface area contributed by atoms with Crippen LogP contribution in [0.2, 0.25) is 0 Å². The fourth-order valence-corrected chi connectivity index (χ4v) is 2.76. The molecule has 1 aromatic heterocycles. The largest absolute Gasteiger partial charge is 0.318 e. The number of aromatic nitrogens is 2. The van der Waals surface area contributed by atoms with Crippen LogP contribution in [0.15, 0.2) is 11.2 Å². The molecule has 1 aliphatic heterocycles. The van der Waals surface area contributed by atoms with Crippen LogP contribution in [0.4, 0.5) is 0 Å². The quantitative estimate of drug-likeness (QED) is 0.690. The average Bonchev–Trinajstić information content (AvgIpc) is 2.45. The van der Waals surface area contributed by atoms with Gasteiger partial charge in [0.05, 0.1) is 6.20 Å². The minimum atomic E-state index is -3.65. The first kappa shape index (κ1) is 9.98. The van der Waals surface area contributed by atoms with Crippen molar-refractivity contribution in [1.82, 2.24) is 9.55 Å². The average molecular weight is 235 g/mol. The summed E-state index contributed by atoms with van der Waals surface area (Å²) in [7, 11) is 1.64. The summed E-state index contributed by atoms with van der Waals surface area (Å²) in [5.41, 5.74) is 0. The van der Waals surface area contributed by atoms with Gasteiger partial charge in [-0.05, 0) is 12.3 Å². The van der Waals surface area contributed by atoms with Crippen molar-refractivity contribution in [3.63, 3.8) is 0 Å². The summed E-state index contributed by atoms with van der Waals surface area (Å²) in [5.74, 6) is 1.39. The van der Waals surface area contributed by atoms with E-state index in [0.717, 1.165) is 18.7 Å². The van der Waals surface area contributed by atoms with Crippen molar-refractivity contribution in [2.45, 2.75) is 31.3 Å². The minimum absolute atomic E-state index is 0.126. The van der Waals surface area contributed by atoms with Crippen molar-refractivity contribution in [3.05, 3.63) is 12.0 Å². The zero-order valence-corrected chi connectivity index (χ0v) is 9.35. The Morgan fingerprint density at radius 3 is 3.00 bits per heavy atom. The molecule has 0 aromatic carbocycles. The number of imidazole rings is 1. The molecule has 1 aromatic rings. The molecule has 14 heavy (non-hydrogen) atoms. The van der Waals surface area contributed by atoms with Crippen LogP contribution < -0.4 is 0 Å². The summed E-state index contributed by atoms with van der Waals surface area (Å²) in [6.45, 7) is 2.82. The summed E-state index contributed by atoms with van der Waals surface area (Å²) >= 11 is 0. The molecule has 0 saturated heterocycles. The molecule has 0 radical (unpaired) electrons. The van der Waals surface area contributed by atoms with Gasteiger partial charge in [0.2, 0.25) is 0 Å². The number of fused-ring (bicyclic) bond motifs is 1. The predicted molar refractivity (Wildman–Crippen MR) is 52.8 cm³/mol. The van der Waals surface area contributed by atoms with Gasteiger partial charge in [0.25, 0.3) is 9.05 Å². The van der Waals surface area contributed by atoms with Gasteiger partial charge in [-0.3, -0.25) is 0 Å². The van der Waals surface area contributed by atoms with Gasteiger partial charge in [-0.2, -0.15) is 0 Å². The SMILES string of the molecule is C[C@@H]1CCn2c(S(=O)(=O)Cl)cnc2C1. The first-order chi connectivity index (χ1) is 6.48. The van der Waals surface area contributed by atoms with Crippen LogP contribution in [0, 0.1) is 5.92 Å². The van der Waals surface area contributed by atoms with Crippen molar-refractivity contribution >= 4 is 19.7 Å². The zero-order valence-electron chi connectivity index (χ0n) is 7.77. The monoisotopic (exact) mass is 234 g/mol. The Balaban J connectivity index is 2.49. The lowest BCUT2D eigenvalue weighted by molar-refractivity contribution is 0.393. The maximum atomic E-state index is 11.2. The second-order valence-corrected chi connectivity index (χ2v) is 6.21. The summed E-state index contributed by atoms with van der Waals surface area (Å²) < 4.78 is 24.0. The zero-order chi connectivity index (χ0) is 10.3. The Bertz CT molecular complexity index is 452. The lowest BCUT2D eigenvalue weighted by atomic mass is 10.0. The number of nitrogens with zero attached hydrogens (tertiary/aromatic N) is 2. The lowest BCUT2D eigenvalue weighted by Crippen LogP contribution is -2.19. The molecule has 0 N–H and O–H groups in total. The second kappa shape index (κ2) is 3.24. The minimum Gasteiger partial charge on any atom is -0.318 e. The lowest BCUT2D eigenvalue weighted by Gasteiger charge is -2.20. The molecule has 0 fully saturated rings. The maximum absolute atomic E-state index is 11.2. The Labute approximate surface area is 87.3 Å². The van der Waals surface area contributed by atoms with Gasteiger partial charge in [-0.25, -0.2) is 13.4 Å². The summed E-state index contributed by atoms with van der Waals surface area (Å²) in [6.07, 6.45) is 3.14. The van der Waals surface area contributed by atoms with E-state index in [1.54, 1.807) is 4.57 Å². The topological polar surface area (TPSA) is 52.0 Å². The Hall–Kier alpha value is -0.550. The third-order valence-corrected chi connectivity index (χ3v) is 3.83. The Kier molecular flexibility index (Phi) is 2.31. The summed E-state index contributed by atoms with van der Waals surface area (Å²) in [6, 6.07) is 0. The number of hydrogen-bond acceptors (Lipinski definition) is 3. The first-order valence-electron chi connectivity index (χ1n) is 4.47. The summed E-state index contributed by atoms with van der Waals surface area (Å²) in [5, 5.41) is 0.126. The van der Waals surface area contributed by atoms with Gasteiger partial charge >= 0.3 is 0 Å². The van der Waals surface area contributed by atoms with E-state index in [0.29, 0.717) is 12.5 Å². The van der Waals surface area contributed by atoms with Gasteiger partial charge < -0.3 is 4.57 Å². The van der Waals surface area contributed by atoms with E-state index < -0.39 is 9.05 Å². The van der Waals surface area contributed by atoms with Crippen LogP contribution in [-0.2, 0) is 22.0 Å². The molecule has 2 heterocycles. The molecule has 6 heteroatoms. The van der Waals surface area contributed by atoms with Crippen LogP contribution in [-0.4, -0.2) is 18.0 Å². The van der Waals surface area contributed by atoms with E-state index in [1.165, 1.54) is 6.20 Å². The van der Waals surface area contributed by atoms with Gasteiger partial charge in [0, 0.05) is 23.6 Å². The standard InChI is InChI=1S/C8H11ClN2O2S/c1-6-2-3-11-7(4-6)10-5-8(11)14(9,12)13/h5-6H,2-4H2,1H3/t6-/m1/s1. The van der Waals surface area contributed by atoms with E-state index in [1.807, 2.05) is 0 Å². The molecular weight excluding hydrogens is 224 g/mol. The van der Waals surface area contributed by atoms with Gasteiger partial charge in [-0.15, -0.1) is 0 Å². The number of rotatable bonds is 1. The highest BCUT2D eigenvalue weighted by atomic mass is 35.7. The van der Waals surface area contributed by atoms with E-state index in [-0.39, 0.29) is 5.03 Å². The van der Waals surface area contributed by atoms with Crippen LogP contribution in [0.25, 0.3) is 0 Å². The third-order valence-electron chi connectivity index (χ3n) is 2.53. The van der Waals surface area contributed by atoms with Crippen molar-refractivity contribution < 1.29 is 8.42 Å². The van der Waals surface area contributed by atoms with Gasteiger partial charge in [0.15, 0.2) is 5.03 Å². The Morgan fingerprint density at radius 1 is 1.64 bits per heavy atom. The fraction of sp³-hybridized carbons (Fsp3) is 0.625. The smallest absolute Gasteiger partial charge is 0.278 e. The van der Waals surface area contributed by atoms with Crippen molar-refractivity contribution in [2.75, 3.05) is 0 Å². The van der Waals surface area contributed by atoms with E-state index in [4.69, 9.17) is 10.7 Å². The van der Waals surface area contributed by atoms with E-state index in [9.17, 15) is 8.42 Å². The number of halogens is 1. The van der Waals surface area contributed by atoms with E-state index in [2.05, 4.69) is 11.9 Å². The highest BCUT2D eigenvalue weighted by Crippen LogP contribution is 2.24.